The molecule has 0 atom stereocenters. The van der Waals surface area contributed by atoms with Crippen molar-refractivity contribution in [2.24, 2.45) is 0 Å². The molecule has 0 bridgehead atoms. The molecular formula is C29H33N3O2. The molecule has 1 amide bonds. The predicted molar refractivity (Wildman–Crippen MR) is 137 cm³/mol. The monoisotopic (exact) mass is 455 g/mol. The Bertz CT molecular complexity index is 1230. The van der Waals surface area contributed by atoms with Crippen molar-refractivity contribution in [3.8, 4) is 5.75 Å². The van der Waals surface area contributed by atoms with Crippen LogP contribution in [0.5, 0.6) is 5.75 Å². The van der Waals surface area contributed by atoms with Gasteiger partial charge in [0.25, 0.3) is 0 Å². The van der Waals surface area contributed by atoms with Crippen LogP contribution in [0.4, 0.5) is 0 Å². The van der Waals surface area contributed by atoms with Crippen LogP contribution < -0.4 is 10.1 Å². The maximum absolute atomic E-state index is 12.3. The van der Waals surface area contributed by atoms with E-state index in [1.165, 1.54) is 11.1 Å². The zero-order valence-corrected chi connectivity index (χ0v) is 20.1. The van der Waals surface area contributed by atoms with Crippen molar-refractivity contribution >= 4 is 16.9 Å². The number of para-hydroxylation sites is 2. The number of fused-ring (bicyclic) bond motifs is 1. The number of aryl methyl sites for hydroxylation is 2. The fourth-order valence-electron chi connectivity index (χ4n) is 4.16. The topological polar surface area (TPSA) is 56.1 Å². The third-order valence-corrected chi connectivity index (χ3v) is 6.20. The summed E-state index contributed by atoms with van der Waals surface area (Å²) < 4.78 is 8.31. The summed E-state index contributed by atoms with van der Waals surface area (Å²) in [4.78, 5) is 17.2. The minimum absolute atomic E-state index is 0.0393. The second-order valence-corrected chi connectivity index (χ2v) is 8.68. The highest BCUT2D eigenvalue weighted by atomic mass is 16.5. The number of carbonyl (C=O) groups is 1. The first-order valence-electron chi connectivity index (χ1n) is 12.1. The highest BCUT2D eigenvalue weighted by Crippen LogP contribution is 2.21. The molecular weight excluding hydrogens is 422 g/mol. The van der Waals surface area contributed by atoms with E-state index in [0.29, 0.717) is 26.0 Å². The average molecular weight is 456 g/mol. The number of benzene rings is 3. The number of unbranched alkanes of at least 4 members (excludes halogenated alkanes) is 1. The van der Waals surface area contributed by atoms with Crippen LogP contribution in [0.25, 0.3) is 11.0 Å². The fraction of sp³-hybridized carbons (Fsp3) is 0.310. The number of nitrogens with one attached hydrogen (secondary N) is 1. The number of imidazole rings is 1. The summed E-state index contributed by atoms with van der Waals surface area (Å²) in [5.41, 5.74) is 5.63. The molecule has 0 aliphatic rings. The van der Waals surface area contributed by atoms with Gasteiger partial charge in [-0.15, -0.1) is 0 Å². The van der Waals surface area contributed by atoms with Gasteiger partial charge in [-0.05, 0) is 61.6 Å². The number of ether oxygens (including phenoxy) is 1. The van der Waals surface area contributed by atoms with Gasteiger partial charge in [0.05, 0.1) is 24.1 Å². The van der Waals surface area contributed by atoms with E-state index in [1.807, 2.05) is 54.6 Å². The Labute approximate surface area is 201 Å². The molecule has 1 heterocycles. The molecule has 1 N–H and O–H groups in total. The Hall–Kier alpha value is -3.60. The van der Waals surface area contributed by atoms with Crippen LogP contribution in [-0.2, 0) is 24.2 Å². The molecule has 0 aliphatic heterocycles. The second kappa shape index (κ2) is 11.5. The maximum atomic E-state index is 12.3. The molecule has 4 rings (SSSR count). The number of rotatable bonds is 11. The number of nitrogens with zero attached hydrogens (tertiary/aromatic N) is 2. The van der Waals surface area contributed by atoms with E-state index >= 15 is 0 Å². The lowest BCUT2D eigenvalue weighted by molar-refractivity contribution is -0.120. The van der Waals surface area contributed by atoms with Crippen LogP contribution in [0.1, 0.15) is 35.4 Å². The standard InChI is InChI=1S/C29H33N3O2/c1-22-11-10-16-27(23(22)2)34-20-9-8-19-32-26-15-7-6-14-25(26)31-28(32)17-18-30-29(33)21-24-12-4-3-5-13-24/h3-7,10-16H,8-9,17-21H2,1-2H3,(H,30,33). The first-order valence-corrected chi connectivity index (χ1v) is 12.1. The van der Waals surface area contributed by atoms with Crippen LogP contribution in [0.3, 0.4) is 0 Å². The molecule has 34 heavy (non-hydrogen) atoms. The number of aromatic nitrogens is 2. The van der Waals surface area contributed by atoms with Crippen molar-refractivity contribution in [3.63, 3.8) is 0 Å². The first-order chi connectivity index (χ1) is 16.6. The number of amides is 1. The van der Waals surface area contributed by atoms with Crippen molar-refractivity contribution in [3.05, 3.63) is 95.3 Å². The van der Waals surface area contributed by atoms with E-state index in [-0.39, 0.29) is 5.91 Å². The zero-order valence-electron chi connectivity index (χ0n) is 20.1. The third kappa shape index (κ3) is 6.04. The highest BCUT2D eigenvalue weighted by molar-refractivity contribution is 5.78. The van der Waals surface area contributed by atoms with Crippen LogP contribution in [-0.4, -0.2) is 28.6 Å². The summed E-state index contributed by atoms with van der Waals surface area (Å²) in [6, 6.07) is 24.2. The lowest BCUT2D eigenvalue weighted by Crippen LogP contribution is -2.28. The van der Waals surface area contributed by atoms with E-state index in [9.17, 15) is 4.79 Å². The molecule has 0 saturated carbocycles. The Morgan fingerprint density at radius 2 is 1.74 bits per heavy atom. The molecule has 1 aromatic heterocycles. The SMILES string of the molecule is Cc1cccc(OCCCCn2c(CCNC(=O)Cc3ccccc3)nc3ccccc32)c1C. The van der Waals surface area contributed by atoms with Crippen molar-refractivity contribution in [2.45, 2.75) is 46.1 Å². The minimum atomic E-state index is 0.0393. The number of carbonyl (C=O) groups excluding carboxylic acids is 1. The Balaban J connectivity index is 1.31. The zero-order chi connectivity index (χ0) is 23.8. The molecule has 0 unspecified atom stereocenters. The van der Waals surface area contributed by atoms with E-state index < -0.39 is 0 Å². The van der Waals surface area contributed by atoms with Gasteiger partial charge in [0.1, 0.15) is 11.6 Å². The lowest BCUT2D eigenvalue weighted by Gasteiger charge is -2.12. The minimum Gasteiger partial charge on any atom is -0.493 e. The molecule has 5 heteroatoms. The Morgan fingerprint density at radius 3 is 2.59 bits per heavy atom. The van der Waals surface area contributed by atoms with Crippen LogP contribution >= 0.6 is 0 Å². The summed E-state index contributed by atoms with van der Waals surface area (Å²) in [5, 5.41) is 3.04. The summed E-state index contributed by atoms with van der Waals surface area (Å²) in [7, 11) is 0. The molecule has 5 nitrogen and oxygen atoms in total. The molecule has 0 fully saturated rings. The van der Waals surface area contributed by atoms with Crippen LogP contribution in [0, 0.1) is 13.8 Å². The van der Waals surface area contributed by atoms with Crippen molar-refractivity contribution in [2.75, 3.05) is 13.2 Å². The van der Waals surface area contributed by atoms with Crippen molar-refractivity contribution in [1.82, 2.24) is 14.9 Å². The Morgan fingerprint density at radius 1 is 0.941 bits per heavy atom. The summed E-state index contributed by atoms with van der Waals surface area (Å²) in [6.45, 7) is 6.36. The number of hydrogen-bond donors (Lipinski definition) is 1. The van der Waals surface area contributed by atoms with Gasteiger partial charge < -0.3 is 14.6 Å². The third-order valence-electron chi connectivity index (χ3n) is 6.20. The number of hydrogen-bond acceptors (Lipinski definition) is 3. The van der Waals surface area contributed by atoms with Gasteiger partial charge in [-0.3, -0.25) is 4.79 Å². The molecule has 0 radical (unpaired) electrons. The quantitative estimate of drug-likeness (QED) is 0.308. The molecule has 3 aromatic carbocycles. The van der Waals surface area contributed by atoms with Crippen LogP contribution in [0.2, 0.25) is 0 Å². The highest BCUT2D eigenvalue weighted by Gasteiger charge is 2.11. The lowest BCUT2D eigenvalue weighted by atomic mass is 10.1. The van der Waals surface area contributed by atoms with E-state index in [1.54, 1.807) is 0 Å². The summed E-state index contributed by atoms with van der Waals surface area (Å²) in [5.74, 6) is 2.02. The average Bonchev–Trinajstić information content (AvgIpc) is 3.19. The van der Waals surface area contributed by atoms with Gasteiger partial charge in [-0.1, -0.05) is 54.6 Å². The van der Waals surface area contributed by atoms with Gasteiger partial charge in [-0.2, -0.15) is 0 Å². The smallest absolute Gasteiger partial charge is 0.224 e. The summed E-state index contributed by atoms with van der Waals surface area (Å²) >= 11 is 0. The van der Waals surface area contributed by atoms with Gasteiger partial charge >= 0.3 is 0 Å². The van der Waals surface area contributed by atoms with Gasteiger partial charge in [0, 0.05) is 19.5 Å². The molecule has 176 valence electrons. The first kappa shape index (κ1) is 23.6. The molecule has 0 aliphatic carbocycles. The van der Waals surface area contributed by atoms with E-state index in [2.05, 4.69) is 41.9 Å². The largest absolute Gasteiger partial charge is 0.493 e. The van der Waals surface area contributed by atoms with E-state index in [4.69, 9.17) is 9.72 Å². The molecule has 0 saturated heterocycles. The molecule has 4 aromatic rings. The van der Waals surface area contributed by atoms with Gasteiger partial charge in [-0.25, -0.2) is 4.98 Å². The van der Waals surface area contributed by atoms with Crippen molar-refractivity contribution < 1.29 is 9.53 Å². The normalized spacial score (nSPS) is 11.0. The van der Waals surface area contributed by atoms with Gasteiger partial charge in [0.2, 0.25) is 5.91 Å². The van der Waals surface area contributed by atoms with E-state index in [0.717, 1.165) is 47.6 Å². The fourth-order valence-corrected chi connectivity index (χ4v) is 4.16. The maximum Gasteiger partial charge on any atom is 0.224 e. The van der Waals surface area contributed by atoms with Crippen LogP contribution in [0.15, 0.2) is 72.8 Å². The molecule has 0 spiro atoms. The summed E-state index contributed by atoms with van der Waals surface area (Å²) in [6.07, 6.45) is 3.07. The second-order valence-electron chi connectivity index (χ2n) is 8.68. The Kier molecular flexibility index (Phi) is 7.97. The van der Waals surface area contributed by atoms with Gasteiger partial charge in [0.15, 0.2) is 0 Å². The van der Waals surface area contributed by atoms with Crippen molar-refractivity contribution in [1.29, 1.82) is 0 Å². The predicted octanol–water partition coefficient (Wildman–Crippen LogP) is 5.41.